The van der Waals surface area contributed by atoms with Crippen LogP contribution in [0.25, 0.3) is 0 Å². The highest BCUT2D eigenvalue weighted by molar-refractivity contribution is 7.89. The van der Waals surface area contributed by atoms with Crippen molar-refractivity contribution in [2.75, 3.05) is 31.5 Å². The highest BCUT2D eigenvalue weighted by atomic mass is 32.2. The van der Waals surface area contributed by atoms with Crippen molar-refractivity contribution in [3.63, 3.8) is 0 Å². The number of hydrogen-bond acceptors (Lipinski definition) is 4. The highest BCUT2D eigenvalue weighted by Gasteiger charge is 2.30. The molecule has 2 aliphatic rings. The second-order valence-corrected chi connectivity index (χ2v) is 9.80. The number of anilines is 1. The van der Waals surface area contributed by atoms with E-state index < -0.39 is 10.0 Å². The predicted octanol–water partition coefficient (Wildman–Crippen LogP) is 2.59. The van der Waals surface area contributed by atoms with E-state index in [1.54, 1.807) is 24.3 Å². The van der Waals surface area contributed by atoms with Crippen molar-refractivity contribution in [3.05, 3.63) is 48.3 Å². The Kier molecular flexibility index (Phi) is 5.76. The molecule has 1 N–H and O–H groups in total. The first-order valence-corrected chi connectivity index (χ1v) is 11.6. The van der Waals surface area contributed by atoms with Crippen LogP contribution in [-0.4, -0.2) is 54.3 Å². The lowest BCUT2D eigenvalue weighted by molar-refractivity contribution is -0.117. The highest BCUT2D eigenvalue weighted by Crippen LogP contribution is 2.31. The summed E-state index contributed by atoms with van der Waals surface area (Å²) in [6.45, 7) is 2.30. The Hall–Kier alpha value is -2.16. The summed E-state index contributed by atoms with van der Waals surface area (Å²) in [6.07, 6.45) is 5.92. The molecule has 156 valence electrons. The standard InChI is InChI=1S/C21H28N4O3S/c1-23-11-5-9-19(23)20-10-6-12-24(20)16-21(26)22-17-7-4-8-18(15-17)29(27,28)25-13-2-3-14-25/h4-5,7-9,11,15,20H,2-3,6,10,12-14,16H2,1H3,(H,22,26)/t20-/m0/s1. The molecule has 3 heterocycles. The molecule has 8 heteroatoms. The molecule has 2 fully saturated rings. The van der Waals surface area contributed by atoms with Crippen molar-refractivity contribution < 1.29 is 13.2 Å². The van der Waals surface area contributed by atoms with Crippen LogP contribution in [0, 0.1) is 0 Å². The van der Waals surface area contributed by atoms with E-state index in [2.05, 4.69) is 20.9 Å². The minimum atomic E-state index is -3.49. The maximum Gasteiger partial charge on any atom is 0.243 e. The number of hydrogen-bond donors (Lipinski definition) is 1. The second kappa shape index (κ2) is 8.30. The van der Waals surface area contributed by atoms with Crippen molar-refractivity contribution >= 4 is 21.6 Å². The van der Waals surface area contributed by atoms with Gasteiger partial charge in [0.2, 0.25) is 15.9 Å². The van der Waals surface area contributed by atoms with Gasteiger partial charge in [0.1, 0.15) is 0 Å². The van der Waals surface area contributed by atoms with E-state index in [9.17, 15) is 13.2 Å². The minimum absolute atomic E-state index is 0.123. The first-order chi connectivity index (χ1) is 13.9. The van der Waals surface area contributed by atoms with Crippen LogP contribution >= 0.6 is 0 Å². The van der Waals surface area contributed by atoms with Crippen LogP contribution in [0.4, 0.5) is 5.69 Å². The average Bonchev–Trinajstić information content (AvgIpc) is 3.44. The molecule has 4 rings (SSSR count). The van der Waals surface area contributed by atoms with Crippen molar-refractivity contribution in [1.29, 1.82) is 0 Å². The van der Waals surface area contributed by atoms with Gasteiger partial charge in [-0.15, -0.1) is 0 Å². The number of nitrogens with one attached hydrogen (secondary N) is 1. The van der Waals surface area contributed by atoms with Gasteiger partial charge in [0.05, 0.1) is 17.5 Å². The lowest BCUT2D eigenvalue weighted by atomic mass is 10.1. The normalized spacial score (nSPS) is 20.9. The van der Waals surface area contributed by atoms with E-state index in [0.29, 0.717) is 25.3 Å². The number of aromatic nitrogens is 1. The van der Waals surface area contributed by atoms with Crippen LogP contribution in [-0.2, 0) is 21.9 Å². The van der Waals surface area contributed by atoms with Gasteiger partial charge in [-0.3, -0.25) is 9.69 Å². The number of benzene rings is 1. The third-order valence-corrected chi connectivity index (χ3v) is 7.75. The molecular weight excluding hydrogens is 388 g/mol. The Balaban J connectivity index is 1.43. The molecule has 0 aliphatic carbocycles. The topological polar surface area (TPSA) is 74.6 Å². The number of likely N-dealkylation sites (tertiary alicyclic amines) is 1. The summed E-state index contributed by atoms with van der Waals surface area (Å²) in [7, 11) is -1.47. The van der Waals surface area contributed by atoms with Crippen LogP contribution in [0.15, 0.2) is 47.5 Å². The summed E-state index contributed by atoms with van der Waals surface area (Å²) >= 11 is 0. The summed E-state index contributed by atoms with van der Waals surface area (Å²) < 4.78 is 29.1. The van der Waals surface area contributed by atoms with Gasteiger partial charge in [-0.25, -0.2) is 8.42 Å². The van der Waals surface area contributed by atoms with Gasteiger partial charge in [0, 0.05) is 37.7 Å². The van der Waals surface area contributed by atoms with Crippen molar-refractivity contribution in [2.45, 2.75) is 36.6 Å². The number of nitrogens with zero attached hydrogens (tertiary/aromatic N) is 3. The summed E-state index contributed by atoms with van der Waals surface area (Å²) in [5.74, 6) is -0.123. The molecule has 1 aromatic carbocycles. The number of carbonyl (C=O) groups is 1. The monoisotopic (exact) mass is 416 g/mol. The predicted molar refractivity (Wildman–Crippen MR) is 112 cm³/mol. The van der Waals surface area contributed by atoms with Gasteiger partial charge in [0.25, 0.3) is 0 Å². The number of carbonyl (C=O) groups excluding carboxylic acids is 1. The fourth-order valence-electron chi connectivity index (χ4n) is 4.37. The third-order valence-electron chi connectivity index (χ3n) is 5.86. The fraction of sp³-hybridized carbons (Fsp3) is 0.476. The van der Waals surface area contributed by atoms with Gasteiger partial charge in [-0.05, 0) is 62.6 Å². The molecule has 0 bridgehead atoms. The quantitative estimate of drug-likeness (QED) is 0.785. The molecule has 2 aromatic rings. The van der Waals surface area contributed by atoms with Gasteiger partial charge in [0.15, 0.2) is 0 Å². The molecule has 7 nitrogen and oxygen atoms in total. The zero-order valence-electron chi connectivity index (χ0n) is 16.8. The summed E-state index contributed by atoms with van der Waals surface area (Å²) in [4.78, 5) is 15.1. The molecule has 29 heavy (non-hydrogen) atoms. The average molecular weight is 417 g/mol. The molecule has 0 unspecified atom stereocenters. The van der Waals surface area contributed by atoms with Crippen LogP contribution in [0.5, 0.6) is 0 Å². The van der Waals surface area contributed by atoms with E-state index in [1.807, 2.05) is 19.3 Å². The molecule has 2 saturated heterocycles. The van der Waals surface area contributed by atoms with E-state index in [0.717, 1.165) is 32.2 Å². The number of amides is 1. The zero-order chi connectivity index (χ0) is 20.4. The Morgan fingerprint density at radius 3 is 2.62 bits per heavy atom. The molecular formula is C21H28N4O3S. The van der Waals surface area contributed by atoms with Crippen molar-refractivity contribution in [2.24, 2.45) is 7.05 Å². The first kappa shape index (κ1) is 20.1. The first-order valence-electron chi connectivity index (χ1n) is 10.2. The lowest BCUT2D eigenvalue weighted by Crippen LogP contribution is -2.33. The largest absolute Gasteiger partial charge is 0.353 e. The molecule has 1 atom stereocenters. The number of rotatable bonds is 6. The van der Waals surface area contributed by atoms with Crippen LogP contribution in [0.3, 0.4) is 0 Å². The molecule has 1 aromatic heterocycles. The Morgan fingerprint density at radius 2 is 1.90 bits per heavy atom. The molecule has 0 spiro atoms. The lowest BCUT2D eigenvalue weighted by Gasteiger charge is -2.24. The summed E-state index contributed by atoms with van der Waals surface area (Å²) in [5, 5.41) is 2.88. The zero-order valence-corrected chi connectivity index (χ0v) is 17.6. The molecule has 1 amide bonds. The minimum Gasteiger partial charge on any atom is -0.353 e. The van der Waals surface area contributed by atoms with Gasteiger partial charge >= 0.3 is 0 Å². The fourth-order valence-corrected chi connectivity index (χ4v) is 5.93. The van der Waals surface area contributed by atoms with Crippen LogP contribution < -0.4 is 5.32 Å². The number of aryl methyl sites for hydroxylation is 1. The Morgan fingerprint density at radius 1 is 1.10 bits per heavy atom. The summed E-state index contributed by atoms with van der Waals surface area (Å²) in [5.41, 5.74) is 1.74. The smallest absolute Gasteiger partial charge is 0.243 e. The van der Waals surface area contributed by atoms with E-state index in [4.69, 9.17) is 0 Å². The van der Waals surface area contributed by atoms with Gasteiger partial charge in [-0.1, -0.05) is 6.07 Å². The summed E-state index contributed by atoms with van der Waals surface area (Å²) in [6, 6.07) is 10.9. The van der Waals surface area contributed by atoms with E-state index in [1.165, 1.54) is 10.00 Å². The van der Waals surface area contributed by atoms with Crippen molar-refractivity contribution in [1.82, 2.24) is 13.8 Å². The molecule has 0 saturated carbocycles. The maximum absolute atomic E-state index is 12.8. The maximum atomic E-state index is 12.8. The number of sulfonamides is 1. The molecule has 2 aliphatic heterocycles. The van der Waals surface area contributed by atoms with Crippen LogP contribution in [0.2, 0.25) is 0 Å². The Bertz CT molecular complexity index is 979. The third kappa shape index (κ3) is 4.24. The van der Waals surface area contributed by atoms with Gasteiger partial charge < -0.3 is 9.88 Å². The SMILES string of the molecule is Cn1cccc1[C@@H]1CCCN1CC(=O)Nc1cccc(S(=O)(=O)N2CCCC2)c1. The van der Waals surface area contributed by atoms with E-state index in [-0.39, 0.29) is 16.8 Å². The molecule has 0 radical (unpaired) electrons. The van der Waals surface area contributed by atoms with Crippen molar-refractivity contribution in [3.8, 4) is 0 Å². The van der Waals surface area contributed by atoms with Gasteiger partial charge in [-0.2, -0.15) is 4.31 Å². The second-order valence-electron chi connectivity index (χ2n) is 7.86. The Labute approximate surface area is 172 Å². The van der Waals surface area contributed by atoms with Crippen LogP contribution in [0.1, 0.15) is 37.4 Å². The van der Waals surface area contributed by atoms with E-state index >= 15 is 0 Å².